The third kappa shape index (κ3) is 2.01. The fourth-order valence-electron chi connectivity index (χ4n) is 2.03. The van der Waals surface area contributed by atoms with Crippen LogP contribution in [0.4, 0.5) is 11.5 Å². The Morgan fingerprint density at radius 1 is 1.20 bits per heavy atom. The number of methoxy groups -OCH3 is 1. The number of nitrogens with two attached hydrogens (primary N) is 1. The lowest BCUT2D eigenvalue weighted by Gasteiger charge is -2.05. The standard InChI is InChI=1S/C14H15N5O/c1-16-12-6-5-11-14(18-12)19-13(17-11)9-7-8(20-2)3-4-10(9)15/h3-7H,15H2,1-2H3,(H2,16,17,18,19). The predicted molar refractivity (Wildman–Crippen MR) is 79.8 cm³/mol. The quantitative estimate of drug-likeness (QED) is 0.635. The van der Waals surface area contributed by atoms with Gasteiger partial charge in [0, 0.05) is 18.3 Å². The van der Waals surface area contributed by atoms with E-state index in [-0.39, 0.29) is 0 Å². The molecule has 0 unspecified atom stereocenters. The highest BCUT2D eigenvalue weighted by Crippen LogP contribution is 2.29. The van der Waals surface area contributed by atoms with Crippen molar-refractivity contribution in [2.75, 3.05) is 25.2 Å². The smallest absolute Gasteiger partial charge is 0.180 e. The molecule has 20 heavy (non-hydrogen) atoms. The zero-order chi connectivity index (χ0) is 14.1. The summed E-state index contributed by atoms with van der Waals surface area (Å²) >= 11 is 0. The second-order valence-electron chi connectivity index (χ2n) is 4.36. The van der Waals surface area contributed by atoms with Crippen LogP contribution < -0.4 is 15.8 Å². The van der Waals surface area contributed by atoms with Crippen LogP contribution in [0.5, 0.6) is 5.75 Å². The molecule has 0 aliphatic heterocycles. The van der Waals surface area contributed by atoms with E-state index >= 15 is 0 Å². The number of nitrogen functional groups attached to an aromatic ring is 1. The van der Waals surface area contributed by atoms with E-state index in [0.29, 0.717) is 17.2 Å². The average molecular weight is 269 g/mol. The summed E-state index contributed by atoms with van der Waals surface area (Å²) in [7, 11) is 3.44. The molecule has 0 aliphatic carbocycles. The van der Waals surface area contributed by atoms with Gasteiger partial charge in [-0.15, -0.1) is 0 Å². The Kier molecular flexibility index (Phi) is 2.90. The van der Waals surface area contributed by atoms with Gasteiger partial charge in [-0.1, -0.05) is 0 Å². The highest BCUT2D eigenvalue weighted by atomic mass is 16.5. The first-order valence-corrected chi connectivity index (χ1v) is 6.19. The van der Waals surface area contributed by atoms with Crippen molar-refractivity contribution in [2.45, 2.75) is 0 Å². The van der Waals surface area contributed by atoms with E-state index in [1.807, 2.05) is 31.3 Å². The number of H-pyrrole nitrogens is 1. The molecule has 0 spiro atoms. The molecule has 0 aliphatic rings. The number of benzene rings is 1. The molecule has 0 fully saturated rings. The van der Waals surface area contributed by atoms with Crippen LogP contribution in [0.25, 0.3) is 22.6 Å². The van der Waals surface area contributed by atoms with E-state index in [1.54, 1.807) is 13.2 Å². The molecule has 2 aromatic heterocycles. The number of aromatic amines is 1. The van der Waals surface area contributed by atoms with Crippen molar-refractivity contribution in [2.24, 2.45) is 0 Å². The van der Waals surface area contributed by atoms with Crippen LogP contribution in [-0.2, 0) is 0 Å². The summed E-state index contributed by atoms with van der Waals surface area (Å²) in [5.41, 5.74) is 8.95. The van der Waals surface area contributed by atoms with Crippen LogP contribution in [0.3, 0.4) is 0 Å². The van der Waals surface area contributed by atoms with E-state index in [0.717, 1.165) is 22.6 Å². The predicted octanol–water partition coefficient (Wildman–Crippen LogP) is 2.26. The van der Waals surface area contributed by atoms with Gasteiger partial charge in [0.05, 0.1) is 12.6 Å². The summed E-state index contributed by atoms with van der Waals surface area (Å²) < 4.78 is 5.22. The number of hydrogen-bond donors (Lipinski definition) is 3. The van der Waals surface area contributed by atoms with E-state index in [1.165, 1.54) is 0 Å². The van der Waals surface area contributed by atoms with Gasteiger partial charge < -0.3 is 20.8 Å². The van der Waals surface area contributed by atoms with Crippen molar-refractivity contribution in [3.63, 3.8) is 0 Å². The second-order valence-corrected chi connectivity index (χ2v) is 4.36. The average Bonchev–Trinajstić information content (AvgIpc) is 2.90. The number of pyridine rings is 1. The van der Waals surface area contributed by atoms with Gasteiger partial charge in [0.25, 0.3) is 0 Å². The van der Waals surface area contributed by atoms with Gasteiger partial charge in [-0.05, 0) is 30.3 Å². The van der Waals surface area contributed by atoms with Crippen LogP contribution in [0.1, 0.15) is 0 Å². The number of nitrogens with zero attached hydrogens (tertiary/aromatic N) is 2. The molecule has 3 aromatic rings. The zero-order valence-corrected chi connectivity index (χ0v) is 11.3. The minimum absolute atomic E-state index is 0.638. The van der Waals surface area contributed by atoms with Crippen LogP contribution in [0.2, 0.25) is 0 Å². The molecule has 0 radical (unpaired) electrons. The van der Waals surface area contributed by atoms with Gasteiger partial charge in [0.15, 0.2) is 5.65 Å². The molecular formula is C14H15N5O. The molecule has 102 valence electrons. The maximum Gasteiger partial charge on any atom is 0.180 e. The first kappa shape index (κ1) is 12.3. The van der Waals surface area contributed by atoms with E-state index in [2.05, 4.69) is 20.3 Å². The lowest BCUT2D eigenvalue weighted by Crippen LogP contribution is -1.93. The van der Waals surface area contributed by atoms with Crippen LogP contribution in [0, 0.1) is 0 Å². The first-order chi connectivity index (χ1) is 9.71. The van der Waals surface area contributed by atoms with Crippen molar-refractivity contribution in [1.29, 1.82) is 0 Å². The number of nitrogens with one attached hydrogen (secondary N) is 2. The van der Waals surface area contributed by atoms with Crippen LogP contribution in [0.15, 0.2) is 30.3 Å². The van der Waals surface area contributed by atoms with Gasteiger partial charge in [-0.3, -0.25) is 0 Å². The molecule has 3 rings (SSSR count). The molecule has 0 saturated heterocycles. The fourth-order valence-corrected chi connectivity index (χ4v) is 2.03. The SMILES string of the molecule is CNc1ccc2[nH]c(-c3cc(OC)ccc3N)nc2n1. The first-order valence-electron chi connectivity index (χ1n) is 6.19. The van der Waals surface area contributed by atoms with Crippen molar-refractivity contribution in [3.05, 3.63) is 30.3 Å². The Bertz CT molecular complexity index is 765. The molecular weight excluding hydrogens is 254 g/mol. The van der Waals surface area contributed by atoms with Crippen molar-refractivity contribution < 1.29 is 4.74 Å². The van der Waals surface area contributed by atoms with Crippen molar-refractivity contribution >= 4 is 22.7 Å². The highest BCUT2D eigenvalue weighted by molar-refractivity contribution is 5.81. The van der Waals surface area contributed by atoms with Crippen LogP contribution >= 0.6 is 0 Å². The summed E-state index contributed by atoms with van der Waals surface area (Å²) in [6.45, 7) is 0. The normalized spacial score (nSPS) is 10.7. The van der Waals surface area contributed by atoms with Gasteiger partial charge in [-0.2, -0.15) is 0 Å². The monoisotopic (exact) mass is 269 g/mol. The topological polar surface area (TPSA) is 88.8 Å². The number of aromatic nitrogens is 3. The van der Waals surface area contributed by atoms with E-state index < -0.39 is 0 Å². The zero-order valence-electron chi connectivity index (χ0n) is 11.3. The van der Waals surface area contributed by atoms with Gasteiger partial charge in [-0.25, -0.2) is 9.97 Å². The Morgan fingerprint density at radius 3 is 2.80 bits per heavy atom. The minimum Gasteiger partial charge on any atom is -0.497 e. The summed E-state index contributed by atoms with van der Waals surface area (Å²) in [5.74, 6) is 2.19. The maximum atomic E-state index is 6.01. The Labute approximate surface area is 116 Å². The largest absolute Gasteiger partial charge is 0.497 e. The lowest BCUT2D eigenvalue weighted by atomic mass is 10.1. The Hall–Kier alpha value is -2.76. The molecule has 4 N–H and O–H groups in total. The summed E-state index contributed by atoms with van der Waals surface area (Å²) in [5, 5.41) is 2.99. The molecule has 2 heterocycles. The second kappa shape index (κ2) is 4.73. The molecule has 0 amide bonds. The number of ether oxygens (including phenoxy) is 1. The lowest BCUT2D eigenvalue weighted by molar-refractivity contribution is 0.415. The minimum atomic E-state index is 0.638. The summed E-state index contributed by atoms with van der Waals surface area (Å²) in [6, 6.07) is 9.29. The summed E-state index contributed by atoms with van der Waals surface area (Å²) in [4.78, 5) is 12.1. The van der Waals surface area contributed by atoms with Crippen molar-refractivity contribution in [1.82, 2.24) is 15.0 Å². The molecule has 0 atom stereocenters. The van der Waals surface area contributed by atoms with E-state index in [9.17, 15) is 0 Å². The van der Waals surface area contributed by atoms with Gasteiger partial charge >= 0.3 is 0 Å². The van der Waals surface area contributed by atoms with Crippen LogP contribution in [-0.4, -0.2) is 29.1 Å². The third-order valence-electron chi connectivity index (χ3n) is 3.12. The number of fused-ring (bicyclic) bond motifs is 1. The molecule has 1 aromatic carbocycles. The third-order valence-corrected chi connectivity index (χ3v) is 3.12. The number of imidazole rings is 1. The molecule has 0 bridgehead atoms. The molecule has 6 nitrogen and oxygen atoms in total. The molecule has 0 saturated carbocycles. The van der Waals surface area contributed by atoms with E-state index in [4.69, 9.17) is 10.5 Å². The Balaban J connectivity index is 2.14. The highest BCUT2D eigenvalue weighted by Gasteiger charge is 2.10. The van der Waals surface area contributed by atoms with Gasteiger partial charge in [0.2, 0.25) is 0 Å². The fraction of sp³-hybridized carbons (Fsp3) is 0.143. The van der Waals surface area contributed by atoms with Crippen molar-refractivity contribution in [3.8, 4) is 17.1 Å². The van der Waals surface area contributed by atoms with Gasteiger partial charge in [0.1, 0.15) is 17.4 Å². The summed E-state index contributed by atoms with van der Waals surface area (Å²) in [6.07, 6.45) is 0. The number of rotatable bonds is 3. The Morgan fingerprint density at radius 2 is 2.05 bits per heavy atom. The number of hydrogen-bond acceptors (Lipinski definition) is 5. The number of anilines is 2. The molecule has 6 heteroatoms. The maximum absolute atomic E-state index is 6.01.